The summed E-state index contributed by atoms with van der Waals surface area (Å²) in [5.41, 5.74) is -0.253. The van der Waals surface area contributed by atoms with Crippen LogP contribution in [0.1, 0.15) is 29.9 Å². The number of carbonyl (C=O) groups excluding carboxylic acids is 1. The number of alkyl halides is 3. The van der Waals surface area contributed by atoms with Crippen molar-refractivity contribution in [1.29, 1.82) is 0 Å². The Morgan fingerprint density at radius 1 is 1.30 bits per heavy atom. The molecule has 106 valence electrons. The topological polar surface area (TPSA) is 20.3 Å². The molecule has 1 atom stereocenters. The van der Waals surface area contributed by atoms with Crippen LogP contribution < -0.4 is 5.30 Å². The van der Waals surface area contributed by atoms with Crippen molar-refractivity contribution in [1.82, 2.24) is 4.90 Å². The lowest BCUT2D eigenvalue weighted by Gasteiger charge is -2.33. The van der Waals surface area contributed by atoms with E-state index in [2.05, 4.69) is 9.24 Å². The molecule has 1 aliphatic heterocycles. The average Bonchev–Trinajstić information content (AvgIpc) is 2.37. The van der Waals surface area contributed by atoms with Crippen molar-refractivity contribution < 1.29 is 18.0 Å². The maximum atomic E-state index is 13.2. The van der Waals surface area contributed by atoms with Crippen molar-refractivity contribution in [3.05, 3.63) is 29.3 Å². The Bertz CT molecular complexity index is 513. The highest BCUT2D eigenvalue weighted by Gasteiger charge is 2.37. The van der Waals surface area contributed by atoms with E-state index < -0.39 is 17.5 Å². The van der Waals surface area contributed by atoms with E-state index >= 15 is 0 Å². The zero-order valence-corrected chi connectivity index (χ0v) is 11.9. The minimum absolute atomic E-state index is 0.160. The summed E-state index contributed by atoms with van der Waals surface area (Å²) in [6, 6.07) is 4.60. The molecule has 0 saturated carbocycles. The van der Waals surface area contributed by atoms with Crippen LogP contribution in [0.25, 0.3) is 0 Å². The van der Waals surface area contributed by atoms with Gasteiger partial charge in [0.15, 0.2) is 5.81 Å². The lowest BCUT2D eigenvalue weighted by atomic mass is 9.85. The van der Waals surface area contributed by atoms with E-state index in [1.54, 1.807) is 6.07 Å². The predicted octanol–water partition coefficient (Wildman–Crippen LogP) is 2.67. The van der Waals surface area contributed by atoms with E-state index in [1.165, 1.54) is 17.0 Å². The Kier molecular flexibility index (Phi) is 4.43. The second-order valence-electron chi connectivity index (χ2n) is 4.91. The highest BCUT2D eigenvalue weighted by molar-refractivity contribution is 7.27. The molecule has 1 amide bonds. The second kappa shape index (κ2) is 5.76. The average molecular weight is 299 g/mol. The lowest BCUT2D eigenvalue weighted by molar-refractivity contribution is -0.137. The molecule has 1 heterocycles. The predicted molar refractivity (Wildman–Crippen MR) is 75.5 cm³/mol. The zero-order chi connectivity index (χ0) is 14.9. The summed E-state index contributed by atoms with van der Waals surface area (Å²) in [5, 5.41) is 0.160. The summed E-state index contributed by atoms with van der Waals surface area (Å²) >= 11 is 0. The molecular weight excluding hydrogens is 285 g/mol. The number of hydrogen-bond acceptors (Lipinski definition) is 1. The molecule has 2 rings (SSSR count). The number of halogens is 3. The number of nitrogens with zero attached hydrogens (tertiary/aromatic N) is 1. The fourth-order valence-electron chi connectivity index (χ4n) is 2.67. The fourth-order valence-corrected chi connectivity index (χ4v) is 3.11. The van der Waals surface area contributed by atoms with E-state index in [0.29, 0.717) is 31.5 Å². The van der Waals surface area contributed by atoms with Gasteiger partial charge in [-0.2, -0.15) is 13.2 Å². The second-order valence-corrected chi connectivity index (χ2v) is 5.53. The summed E-state index contributed by atoms with van der Waals surface area (Å²) in [4.78, 5) is 12.5. The number of benzene rings is 1. The van der Waals surface area contributed by atoms with Gasteiger partial charge < -0.3 is 4.90 Å². The van der Waals surface area contributed by atoms with Gasteiger partial charge in [-0.05, 0) is 29.6 Å². The van der Waals surface area contributed by atoms with E-state index in [1.807, 2.05) is 0 Å². The zero-order valence-electron chi connectivity index (χ0n) is 10.8. The first-order valence-electron chi connectivity index (χ1n) is 6.30. The van der Waals surface area contributed by atoms with Crippen LogP contribution in [0.3, 0.4) is 0 Å². The first-order valence-corrected chi connectivity index (χ1v) is 6.88. The van der Waals surface area contributed by atoms with Crippen molar-refractivity contribution in [2.75, 3.05) is 13.1 Å². The third-order valence-corrected chi connectivity index (χ3v) is 4.14. The van der Waals surface area contributed by atoms with Crippen molar-refractivity contribution in [2.24, 2.45) is 0 Å². The quantitative estimate of drug-likeness (QED) is 0.577. The molecule has 20 heavy (non-hydrogen) atoms. The normalized spacial score (nSPS) is 17.3. The highest BCUT2D eigenvalue weighted by Crippen LogP contribution is 2.38. The molecule has 0 N–H and O–H groups in total. The third-order valence-electron chi connectivity index (χ3n) is 3.66. The molecule has 1 fully saturated rings. The summed E-state index contributed by atoms with van der Waals surface area (Å²) in [5.74, 6) is -0.706. The van der Waals surface area contributed by atoms with Crippen molar-refractivity contribution in [3.8, 4) is 0 Å². The number of rotatable bonds is 1. The Balaban J connectivity index is 2.27. The van der Waals surface area contributed by atoms with Gasteiger partial charge in [0.05, 0.1) is 5.56 Å². The van der Waals surface area contributed by atoms with Gasteiger partial charge in [-0.3, -0.25) is 4.79 Å². The van der Waals surface area contributed by atoms with Gasteiger partial charge in [-0.15, -0.1) is 9.24 Å². The molecule has 0 spiro atoms. The molecule has 2 nitrogen and oxygen atoms in total. The van der Waals surface area contributed by atoms with Crippen molar-refractivity contribution in [2.45, 2.75) is 24.9 Å². The Hall–Kier alpha value is -1.03. The smallest absolute Gasteiger partial charge is 0.353 e. The van der Waals surface area contributed by atoms with Crippen LogP contribution in [0.15, 0.2) is 18.2 Å². The summed E-state index contributed by atoms with van der Waals surface area (Å²) in [6.45, 7) is 0.802. The van der Waals surface area contributed by atoms with Gasteiger partial charge in [0.2, 0.25) is 7.85 Å². The lowest BCUT2D eigenvalue weighted by Crippen LogP contribution is -2.37. The molecule has 1 saturated heterocycles. The Morgan fingerprint density at radius 2 is 1.90 bits per heavy atom. The highest BCUT2D eigenvalue weighted by atomic mass is 31.0. The van der Waals surface area contributed by atoms with E-state index in [4.69, 9.17) is 7.85 Å². The molecule has 0 bridgehead atoms. The maximum absolute atomic E-state index is 13.2. The molecule has 1 aromatic carbocycles. The van der Waals surface area contributed by atoms with Crippen LogP contribution in [-0.4, -0.2) is 31.6 Å². The van der Waals surface area contributed by atoms with Crippen LogP contribution in [0.2, 0.25) is 0 Å². The van der Waals surface area contributed by atoms with Crippen LogP contribution in [0.4, 0.5) is 18.0 Å². The third kappa shape index (κ3) is 3.17. The van der Waals surface area contributed by atoms with Gasteiger partial charge >= 0.3 is 6.18 Å². The molecule has 1 unspecified atom stereocenters. The van der Waals surface area contributed by atoms with Crippen LogP contribution in [0, 0.1) is 0 Å². The molecule has 0 aromatic heterocycles. The number of likely N-dealkylation sites (tertiary alicyclic amines) is 1. The first-order chi connectivity index (χ1) is 9.30. The minimum atomic E-state index is -4.37. The molecular formula is C13H14BF3NOP. The SMILES string of the molecule is [B]C(=O)N1CCC(c2cccc(P)c2C(F)(F)F)CC1. The molecule has 1 aliphatic rings. The van der Waals surface area contributed by atoms with Gasteiger partial charge in [0, 0.05) is 13.1 Å². The number of piperidine rings is 1. The van der Waals surface area contributed by atoms with Gasteiger partial charge in [0.1, 0.15) is 0 Å². The molecule has 0 aliphatic carbocycles. The first kappa shape index (κ1) is 15.4. The fraction of sp³-hybridized carbons (Fsp3) is 0.462. The van der Waals surface area contributed by atoms with Gasteiger partial charge in [-0.1, -0.05) is 18.2 Å². The summed E-state index contributed by atoms with van der Waals surface area (Å²) in [6.07, 6.45) is -3.37. The standard InChI is InChI=1S/C13H14BF3NOP/c14-12(19)18-6-4-8(5-7-18)9-2-1-3-10(20)11(9)13(15,16)17/h1-3,8H,4-7,20H2. The van der Waals surface area contributed by atoms with Crippen molar-refractivity contribution in [3.63, 3.8) is 0 Å². The van der Waals surface area contributed by atoms with E-state index in [-0.39, 0.29) is 11.2 Å². The maximum Gasteiger partial charge on any atom is 0.417 e. The van der Waals surface area contributed by atoms with Gasteiger partial charge in [-0.25, -0.2) is 0 Å². The Morgan fingerprint density at radius 3 is 2.40 bits per heavy atom. The molecule has 1 aromatic rings. The summed E-state index contributed by atoms with van der Waals surface area (Å²) < 4.78 is 39.5. The van der Waals surface area contributed by atoms with Crippen molar-refractivity contribution >= 4 is 28.2 Å². The van der Waals surface area contributed by atoms with E-state index in [9.17, 15) is 18.0 Å². The van der Waals surface area contributed by atoms with Gasteiger partial charge in [0.25, 0.3) is 0 Å². The van der Waals surface area contributed by atoms with Crippen LogP contribution in [0.5, 0.6) is 0 Å². The Labute approximate surface area is 119 Å². The number of amides is 1. The van der Waals surface area contributed by atoms with Crippen LogP contribution in [-0.2, 0) is 6.18 Å². The van der Waals surface area contributed by atoms with Crippen LogP contribution >= 0.6 is 9.24 Å². The molecule has 2 radical (unpaired) electrons. The number of carbonyl (C=O) groups is 1. The number of hydrogen-bond donors (Lipinski definition) is 0. The monoisotopic (exact) mass is 299 g/mol. The minimum Gasteiger partial charge on any atom is -0.353 e. The van der Waals surface area contributed by atoms with E-state index in [0.717, 1.165) is 0 Å². The largest absolute Gasteiger partial charge is 0.417 e. The summed E-state index contributed by atoms with van der Waals surface area (Å²) in [7, 11) is 7.32. The molecule has 7 heteroatoms.